The van der Waals surface area contributed by atoms with Gasteiger partial charge in [0.15, 0.2) is 6.10 Å². The standard InChI is InChI=1S/C41H80NO7P/c1-3-5-7-9-11-13-15-17-19-21-23-25-27-29-31-33-36-46-40(39-49-50(44,45)48-37-35-42)38-47-41(43)34-32-30-28-26-24-22-20-18-16-14-12-10-8-6-4-2/h17,19,33,36,40H,3-16,18,20-32,34-35,37-39,42H2,1-2H3,(H,44,45)/b19-17-,36-33-/t40-/m1/s1. The smallest absolute Gasteiger partial charge is 0.472 e. The molecule has 0 aliphatic heterocycles. The highest BCUT2D eigenvalue weighted by atomic mass is 31.2. The topological polar surface area (TPSA) is 117 Å². The van der Waals surface area contributed by atoms with E-state index in [4.69, 9.17) is 24.3 Å². The van der Waals surface area contributed by atoms with Crippen LogP contribution in [0.5, 0.6) is 0 Å². The van der Waals surface area contributed by atoms with Gasteiger partial charge in [-0.15, -0.1) is 0 Å². The molecule has 0 saturated heterocycles. The molecule has 0 amide bonds. The van der Waals surface area contributed by atoms with Crippen molar-refractivity contribution in [3.05, 3.63) is 24.5 Å². The molecular weight excluding hydrogens is 649 g/mol. The van der Waals surface area contributed by atoms with Crippen LogP contribution in [0.4, 0.5) is 0 Å². The summed E-state index contributed by atoms with van der Waals surface area (Å²) >= 11 is 0. The Bertz CT molecular complexity index is 823. The van der Waals surface area contributed by atoms with Crippen LogP contribution in [0.1, 0.15) is 200 Å². The van der Waals surface area contributed by atoms with Gasteiger partial charge >= 0.3 is 13.8 Å². The largest absolute Gasteiger partial charge is 0.492 e. The Kier molecular flexibility index (Phi) is 38.1. The molecule has 0 aliphatic rings. The van der Waals surface area contributed by atoms with Crippen LogP contribution < -0.4 is 5.73 Å². The molecule has 296 valence electrons. The van der Waals surface area contributed by atoms with Gasteiger partial charge in [0.25, 0.3) is 0 Å². The van der Waals surface area contributed by atoms with Crippen LogP contribution in [0.3, 0.4) is 0 Å². The van der Waals surface area contributed by atoms with Gasteiger partial charge in [0, 0.05) is 13.0 Å². The lowest BCUT2D eigenvalue weighted by molar-refractivity contribution is -0.147. The first-order valence-electron chi connectivity index (χ1n) is 20.9. The van der Waals surface area contributed by atoms with Gasteiger partial charge in [-0.2, -0.15) is 0 Å². The summed E-state index contributed by atoms with van der Waals surface area (Å²) in [5.41, 5.74) is 5.36. The molecule has 0 aromatic rings. The molecule has 0 saturated carbocycles. The number of phosphoric acid groups is 1. The maximum atomic E-state index is 12.4. The zero-order valence-electron chi connectivity index (χ0n) is 32.6. The number of nitrogens with two attached hydrogens (primary N) is 1. The third kappa shape index (κ3) is 38.1. The van der Waals surface area contributed by atoms with E-state index in [0.717, 1.165) is 44.9 Å². The Hall–Kier alpha value is -1.18. The summed E-state index contributed by atoms with van der Waals surface area (Å²) in [6.45, 7) is 4.22. The summed E-state index contributed by atoms with van der Waals surface area (Å²) in [6, 6.07) is 0. The molecule has 0 rings (SSSR count). The highest BCUT2D eigenvalue weighted by Gasteiger charge is 2.24. The average molecular weight is 730 g/mol. The quantitative estimate of drug-likeness (QED) is 0.0210. The van der Waals surface area contributed by atoms with Crippen molar-refractivity contribution in [1.82, 2.24) is 0 Å². The lowest BCUT2D eigenvalue weighted by Crippen LogP contribution is -2.25. The number of allylic oxidation sites excluding steroid dienone is 3. The van der Waals surface area contributed by atoms with E-state index < -0.39 is 13.9 Å². The molecule has 1 unspecified atom stereocenters. The first-order chi connectivity index (χ1) is 24.4. The highest BCUT2D eigenvalue weighted by Crippen LogP contribution is 2.43. The van der Waals surface area contributed by atoms with Crippen molar-refractivity contribution in [3.8, 4) is 0 Å². The Balaban J connectivity index is 4.09. The van der Waals surface area contributed by atoms with Gasteiger partial charge in [-0.3, -0.25) is 13.8 Å². The fraction of sp³-hybridized carbons (Fsp3) is 0.878. The number of hydrogen-bond donors (Lipinski definition) is 2. The van der Waals surface area contributed by atoms with Gasteiger partial charge in [-0.1, -0.05) is 161 Å². The van der Waals surface area contributed by atoms with Gasteiger partial charge in [-0.25, -0.2) is 4.57 Å². The number of ether oxygens (including phenoxy) is 2. The fourth-order valence-electron chi connectivity index (χ4n) is 5.80. The second-order valence-corrected chi connectivity index (χ2v) is 15.4. The molecule has 2 atom stereocenters. The van der Waals surface area contributed by atoms with Crippen molar-refractivity contribution in [3.63, 3.8) is 0 Å². The van der Waals surface area contributed by atoms with E-state index in [-0.39, 0.29) is 32.3 Å². The summed E-state index contributed by atoms with van der Waals surface area (Å²) in [5.74, 6) is -0.291. The number of hydrogen-bond acceptors (Lipinski definition) is 7. The maximum Gasteiger partial charge on any atom is 0.472 e. The van der Waals surface area contributed by atoms with E-state index in [0.29, 0.717) is 6.42 Å². The van der Waals surface area contributed by atoms with Crippen molar-refractivity contribution in [2.45, 2.75) is 206 Å². The third-order valence-corrected chi connectivity index (χ3v) is 9.94. The van der Waals surface area contributed by atoms with Crippen LogP contribution >= 0.6 is 7.82 Å². The predicted molar refractivity (Wildman–Crippen MR) is 210 cm³/mol. The van der Waals surface area contributed by atoms with Gasteiger partial charge in [-0.05, 0) is 51.0 Å². The SMILES string of the molecule is CCCCCCCC/C=C\CCCCCC/C=C\O[C@H](COC(=O)CCCCCCCCCCCCCCCCC)COP(=O)(O)OCCN. The Labute approximate surface area is 308 Å². The maximum absolute atomic E-state index is 12.4. The minimum absolute atomic E-state index is 0.0643. The molecule has 0 aliphatic carbocycles. The predicted octanol–water partition coefficient (Wildman–Crippen LogP) is 12.4. The van der Waals surface area contributed by atoms with Crippen LogP contribution in [0.25, 0.3) is 0 Å². The molecule has 0 aromatic carbocycles. The molecule has 0 spiro atoms. The number of carbonyl (C=O) groups is 1. The molecular formula is C41H80NO7P. The van der Waals surface area contributed by atoms with E-state index in [1.54, 1.807) is 6.26 Å². The van der Waals surface area contributed by atoms with E-state index in [9.17, 15) is 14.3 Å². The number of rotatable bonds is 40. The lowest BCUT2D eigenvalue weighted by atomic mass is 10.0. The van der Waals surface area contributed by atoms with Gasteiger partial charge in [0.1, 0.15) is 6.61 Å². The summed E-state index contributed by atoms with van der Waals surface area (Å²) < 4.78 is 33.1. The normalized spacial score (nSPS) is 13.7. The molecule has 8 nitrogen and oxygen atoms in total. The van der Waals surface area contributed by atoms with Crippen molar-refractivity contribution in [2.75, 3.05) is 26.4 Å². The van der Waals surface area contributed by atoms with Crippen LogP contribution in [0.15, 0.2) is 24.5 Å². The Morgan fingerprint density at radius 1 is 0.600 bits per heavy atom. The summed E-state index contributed by atoms with van der Waals surface area (Å²) in [5, 5.41) is 0. The summed E-state index contributed by atoms with van der Waals surface area (Å²) in [7, 11) is -4.26. The van der Waals surface area contributed by atoms with E-state index in [2.05, 4.69) is 26.0 Å². The van der Waals surface area contributed by atoms with Crippen molar-refractivity contribution in [2.24, 2.45) is 5.73 Å². The second-order valence-electron chi connectivity index (χ2n) is 13.9. The molecule has 0 bridgehead atoms. The van der Waals surface area contributed by atoms with Gasteiger partial charge < -0.3 is 20.1 Å². The second kappa shape index (κ2) is 39.0. The van der Waals surface area contributed by atoms with Gasteiger partial charge in [0.05, 0.1) is 19.5 Å². The number of phosphoric ester groups is 1. The molecule has 0 heterocycles. The molecule has 0 aromatic heterocycles. The number of esters is 1. The lowest BCUT2D eigenvalue weighted by Gasteiger charge is -2.19. The number of unbranched alkanes of at least 4 members (excludes halogenated alkanes) is 25. The molecule has 9 heteroatoms. The Morgan fingerprint density at radius 3 is 1.48 bits per heavy atom. The van der Waals surface area contributed by atoms with Crippen LogP contribution in [0, 0.1) is 0 Å². The Morgan fingerprint density at radius 2 is 1.02 bits per heavy atom. The third-order valence-electron chi connectivity index (χ3n) is 8.96. The van der Waals surface area contributed by atoms with Crippen molar-refractivity contribution < 1.29 is 32.8 Å². The zero-order chi connectivity index (χ0) is 36.6. The fourth-order valence-corrected chi connectivity index (χ4v) is 6.56. The summed E-state index contributed by atoms with van der Waals surface area (Å²) in [4.78, 5) is 22.2. The first-order valence-corrected chi connectivity index (χ1v) is 22.4. The monoisotopic (exact) mass is 730 g/mol. The minimum atomic E-state index is -4.26. The van der Waals surface area contributed by atoms with E-state index >= 15 is 0 Å². The molecule has 0 fully saturated rings. The van der Waals surface area contributed by atoms with Crippen LogP contribution in [0.2, 0.25) is 0 Å². The molecule has 50 heavy (non-hydrogen) atoms. The molecule has 0 radical (unpaired) electrons. The summed E-state index contributed by atoms with van der Waals surface area (Å²) in [6.07, 6.45) is 42.9. The first kappa shape index (κ1) is 48.8. The minimum Gasteiger partial charge on any atom is -0.492 e. The zero-order valence-corrected chi connectivity index (χ0v) is 33.5. The van der Waals surface area contributed by atoms with Crippen molar-refractivity contribution in [1.29, 1.82) is 0 Å². The van der Waals surface area contributed by atoms with Gasteiger partial charge in [0.2, 0.25) is 0 Å². The van der Waals surface area contributed by atoms with E-state index in [1.807, 2.05) is 6.08 Å². The van der Waals surface area contributed by atoms with Crippen LogP contribution in [-0.4, -0.2) is 43.3 Å². The highest BCUT2D eigenvalue weighted by molar-refractivity contribution is 7.47. The van der Waals surface area contributed by atoms with E-state index in [1.165, 1.54) is 135 Å². The van der Waals surface area contributed by atoms with Crippen LogP contribution in [-0.2, 0) is 27.9 Å². The number of carbonyl (C=O) groups excluding carboxylic acids is 1. The molecule has 3 N–H and O–H groups in total. The van der Waals surface area contributed by atoms with Crippen molar-refractivity contribution >= 4 is 13.8 Å². The average Bonchev–Trinajstić information content (AvgIpc) is 3.11.